The number of nitrogens with one attached hydrogen (secondary N) is 1. The van der Waals surface area contributed by atoms with Crippen molar-refractivity contribution < 1.29 is 9.84 Å². The van der Waals surface area contributed by atoms with Crippen LogP contribution in [0, 0.1) is 5.92 Å². The van der Waals surface area contributed by atoms with Crippen LogP contribution in [0.3, 0.4) is 0 Å². The van der Waals surface area contributed by atoms with Crippen molar-refractivity contribution in [2.24, 2.45) is 5.92 Å². The Morgan fingerprint density at radius 1 is 1.26 bits per heavy atom. The average molecular weight is 265 g/mol. The normalized spacial score (nSPS) is 16.3. The van der Waals surface area contributed by atoms with Gasteiger partial charge in [-0.3, -0.25) is 0 Å². The van der Waals surface area contributed by atoms with Crippen molar-refractivity contribution in [2.75, 3.05) is 19.8 Å². The van der Waals surface area contributed by atoms with Gasteiger partial charge in [0, 0.05) is 19.2 Å². The highest BCUT2D eigenvalue weighted by atomic mass is 16.5. The van der Waals surface area contributed by atoms with E-state index in [0.29, 0.717) is 19.1 Å². The molecule has 0 heterocycles. The van der Waals surface area contributed by atoms with Crippen LogP contribution < -0.4 is 5.32 Å². The van der Waals surface area contributed by atoms with Crippen LogP contribution in [0.1, 0.15) is 33.3 Å². The molecule has 1 aromatic rings. The van der Waals surface area contributed by atoms with Crippen molar-refractivity contribution in [3.05, 3.63) is 35.9 Å². The van der Waals surface area contributed by atoms with Crippen LogP contribution in [0.15, 0.2) is 30.3 Å². The van der Waals surface area contributed by atoms with Gasteiger partial charge >= 0.3 is 0 Å². The summed E-state index contributed by atoms with van der Waals surface area (Å²) in [7, 11) is 0. The summed E-state index contributed by atoms with van der Waals surface area (Å²) in [4.78, 5) is 0. The fourth-order valence-electron chi connectivity index (χ4n) is 1.96. The minimum Gasteiger partial charge on any atom is -0.384 e. The van der Waals surface area contributed by atoms with E-state index in [2.05, 4.69) is 19.2 Å². The Bertz CT molecular complexity index is 349. The summed E-state index contributed by atoms with van der Waals surface area (Å²) in [6.07, 6.45) is 0. The molecule has 0 aromatic heterocycles. The van der Waals surface area contributed by atoms with E-state index in [1.54, 1.807) is 0 Å². The topological polar surface area (TPSA) is 41.5 Å². The van der Waals surface area contributed by atoms with Gasteiger partial charge in [-0.05, 0) is 25.3 Å². The molecule has 2 atom stereocenters. The molecule has 0 aliphatic carbocycles. The number of rotatable bonds is 8. The lowest BCUT2D eigenvalue weighted by Gasteiger charge is -2.29. The summed E-state index contributed by atoms with van der Waals surface area (Å²) in [5.74, 6) is 0.470. The lowest BCUT2D eigenvalue weighted by molar-refractivity contribution is 0.0417. The van der Waals surface area contributed by atoms with Gasteiger partial charge in [0.25, 0.3) is 0 Å². The maximum Gasteiger partial charge on any atom is 0.0992 e. The van der Waals surface area contributed by atoms with Gasteiger partial charge in [-0.2, -0.15) is 0 Å². The fraction of sp³-hybridized carbons (Fsp3) is 0.625. The van der Waals surface area contributed by atoms with Crippen LogP contribution in [0.4, 0.5) is 0 Å². The van der Waals surface area contributed by atoms with Crippen LogP contribution in [-0.4, -0.2) is 30.9 Å². The van der Waals surface area contributed by atoms with Crippen molar-refractivity contribution in [1.29, 1.82) is 0 Å². The Morgan fingerprint density at radius 2 is 1.89 bits per heavy atom. The third-order valence-electron chi connectivity index (χ3n) is 3.41. The first kappa shape index (κ1) is 16.2. The van der Waals surface area contributed by atoms with Gasteiger partial charge < -0.3 is 15.2 Å². The van der Waals surface area contributed by atoms with E-state index in [4.69, 9.17) is 4.74 Å². The average Bonchev–Trinajstić information content (AvgIpc) is 2.39. The van der Waals surface area contributed by atoms with Crippen LogP contribution >= 0.6 is 0 Å². The molecular formula is C16H27NO2. The quantitative estimate of drug-likeness (QED) is 0.759. The Labute approximate surface area is 117 Å². The predicted octanol–water partition coefficient (Wildman–Crippen LogP) is 2.54. The van der Waals surface area contributed by atoms with E-state index in [0.717, 1.165) is 12.2 Å². The van der Waals surface area contributed by atoms with Gasteiger partial charge in [-0.15, -0.1) is 0 Å². The highest BCUT2D eigenvalue weighted by molar-refractivity contribution is 5.21. The molecule has 2 N–H and O–H groups in total. The Morgan fingerprint density at radius 3 is 2.42 bits per heavy atom. The number of hydrogen-bond donors (Lipinski definition) is 2. The van der Waals surface area contributed by atoms with E-state index < -0.39 is 5.60 Å². The number of benzene rings is 1. The van der Waals surface area contributed by atoms with Crippen molar-refractivity contribution in [2.45, 2.75) is 39.3 Å². The van der Waals surface area contributed by atoms with Crippen LogP contribution in [0.25, 0.3) is 0 Å². The predicted molar refractivity (Wildman–Crippen MR) is 79.1 cm³/mol. The van der Waals surface area contributed by atoms with Gasteiger partial charge in [0.1, 0.15) is 0 Å². The lowest BCUT2D eigenvalue weighted by Crippen LogP contribution is -2.45. The zero-order chi connectivity index (χ0) is 14.3. The molecule has 0 fully saturated rings. The fourth-order valence-corrected chi connectivity index (χ4v) is 1.96. The van der Waals surface area contributed by atoms with Gasteiger partial charge in [0.2, 0.25) is 0 Å². The standard InChI is InChI=1S/C16H27NO2/c1-5-19-11-15(13(2)3)17-12-16(4,18)14-9-7-6-8-10-14/h6-10,13,15,17-18H,5,11-12H2,1-4H3. The van der Waals surface area contributed by atoms with Crippen molar-refractivity contribution in [1.82, 2.24) is 5.32 Å². The third kappa shape index (κ3) is 5.31. The largest absolute Gasteiger partial charge is 0.384 e. The van der Waals surface area contributed by atoms with Crippen LogP contribution in [-0.2, 0) is 10.3 Å². The van der Waals surface area contributed by atoms with Crippen molar-refractivity contribution in [3.8, 4) is 0 Å². The molecule has 1 rings (SSSR count). The number of aliphatic hydroxyl groups is 1. The second kappa shape index (κ2) is 7.63. The lowest BCUT2D eigenvalue weighted by atomic mass is 9.95. The minimum atomic E-state index is -0.861. The Kier molecular flexibility index (Phi) is 6.49. The molecule has 0 amide bonds. The molecule has 0 saturated carbocycles. The van der Waals surface area contributed by atoms with E-state index in [1.807, 2.05) is 44.2 Å². The summed E-state index contributed by atoms with van der Waals surface area (Å²) in [5.41, 5.74) is 0.0714. The number of ether oxygens (including phenoxy) is 1. The highest BCUT2D eigenvalue weighted by Crippen LogP contribution is 2.19. The Balaban J connectivity index is 2.57. The maximum absolute atomic E-state index is 10.5. The molecule has 0 radical (unpaired) electrons. The Hall–Kier alpha value is -0.900. The summed E-state index contributed by atoms with van der Waals surface area (Å²) in [6, 6.07) is 10.0. The highest BCUT2D eigenvalue weighted by Gasteiger charge is 2.24. The molecule has 3 nitrogen and oxygen atoms in total. The second-order valence-corrected chi connectivity index (χ2v) is 5.53. The van der Waals surface area contributed by atoms with Crippen molar-refractivity contribution >= 4 is 0 Å². The maximum atomic E-state index is 10.5. The molecule has 0 aliphatic heterocycles. The molecule has 0 spiro atoms. The van der Waals surface area contributed by atoms with E-state index in [-0.39, 0.29) is 6.04 Å². The molecule has 108 valence electrons. The van der Waals surface area contributed by atoms with Gasteiger partial charge in [0.05, 0.1) is 12.2 Å². The van der Waals surface area contributed by atoms with Crippen molar-refractivity contribution in [3.63, 3.8) is 0 Å². The molecule has 0 aliphatic rings. The molecule has 3 heteroatoms. The summed E-state index contributed by atoms with van der Waals surface area (Å²) in [5, 5.41) is 14.0. The van der Waals surface area contributed by atoms with Crippen LogP contribution in [0.2, 0.25) is 0 Å². The van der Waals surface area contributed by atoms with E-state index in [1.165, 1.54) is 0 Å². The van der Waals surface area contributed by atoms with Gasteiger partial charge in [0.15, 0.2) is 0 Å². The molecule has 0 bridgehead atoms. The third-order valence-corrected chi connectivity index (χ3v) is 3.41. The molecular weight excluding hydrogens is 238 g/mol. The monoisotopic (exact) mass is 265 g/mol. The SMILES string of the molecule is CCOCC(NCC(C)(O)c1ccccc1)C(C)C. The van der Waals surface area contributed by atoms with Gasteiger partial charge in [-0.1, -0.05) is 44.2 Å². The molecule has 1 aromatic carbocycles. The summed E-state index contributed by atoms with van der Waals surface area (Å²) < 4.78 is 5.48. The van der Waals surface area contributed by atoms with E-state index in [9.17, 15) is 5.11 Å². The first-order chi connectivity index (χ1) is 8.97. The molecule has 0 saturated heterocycles. The second-order valence-electron chi connectivity index (χ2n) is 5.53. The van der Waals surface area contributed by atoms with E-state index >= 15 is 0 Å². The van der Waals surface area contributed by atoms with Crippen LogP contribution in [0.5, 0.6) is 0 Å². The summed E-state index contributed by atoms with van der Waals surface area (Å²) in [6.45, 7) is 10.1. The molecule has 19 heavy (non-hydrogen) atoms. The smallest absolute Gasteiger partial charge is 0.0992 e. The first-order valence-corrected chi connectivity index (χ1v) is 7.06. The zero-order valence-corrected chi connectivity index (χ0v) is 12.5. The zero-order valence-electron chi connectivity index (χ0n) is 12.5. The number of hydrogen-bond acceptors (Lipinski definition) is 3. The minimum absolute atomic E-state index is 0.259. The van der Waals surface area contributed by atoms with Gasteiger partial charge in [-0.25, -0.2) is 0 Å². The molecule has 2 unspecified atom stereocenters. The first-order valence-electron chi connectivity index (χ1n) is 7.06. The summed E-state index contributed by atoms with van der Waals surface area (Å²) >= 11 is 0.